The van der Waals surface area contributed by atoms with Gasteiger partial charge >= 0.3 is 0 Å². The van der Waals surface area contributed by atoms with Crippen LogP contribution in [0.25, 0.3) is 0 Å². The first-order valence-corrected chi connectivity index (χ1v) is 5.45. The summed E-state index contributed by atoms with van der Waals surface area (Å²) in [6.45, 7) is 0. The normalized spacial score (nSPS) is 20.1. The minimum absolute atomic E-state index is 0.207. The SMILES string of the molecule is Nc1nc2c(c(C3CC3)n1)C(=O)CCC2. The van der Waals surface area contributed by atoms with Crippen LogP contribution >= 0.6 is 0 Å². The maximum Gasteiger partial charge on any atom is 0.220 e. The summed E-state index contributed by atoms with van der Waals surface area (Å²) in [6.07, 6.45) is 4.67. The number of Topliss-reactive ketones (excluding diaryl/α,β-unsaturated/α-hetero) is 1. The van der Waals surface area contributed by atoms with Crippen molar-refractivity contribution >= 4 is 11.7 Å². The van der Waals surface area contributed by atoms with Gasteiger partial charge in [0.1, 0.15) is 0 Å². The molecular weight excluding hydrogens is 190 g/mol. The fourth-order valence-electron chi connectivity index (χ4n) is 2.22. The largest absolute Gasteiger partial charge is 0.368 e. The molecule has 0 amide bonds. The molecule has 1 heterocycles. The zero-order valence-electron chi connectivity index (χ0n) is 8.49. The molecule has 2 aliphatic carbocycles. The fraction of sp³-hybridized carbons (Fsp3) is 0.545. The number of carbonyl (C=O) groups is 1. The quantitative estimate of drug-likeness (QED) is 0.750. The van der Waals surface area contributed by atoms with Crippen LogP contribution in [0.5, 0.6) is 0 Å². The second-order valence-electron chi connectivity index (χ2n) is 4.34. The third-order valence-electron chi connectivity index (χ3n) is 3.09. The number of fused-ring (bicyclic) bond motifs is 1. The van der Waals surface area contributed by atoms with Crippen molar-refractivity contribution in [2.75, 3.05) is 5.73 Å². The Morgan fingerprint density at radius 2 is 2.00 bits per heavy atom. The summed E-state index contributed by atoms with van der Waals surface area (Å²) in [5.41, 5.74) is 8.24. The lowest BCUT2D eigenvalue weighted by atomic mass is 9.92. The Labute approximate surface area is 87.9 Å². The van der Waals surface area contributed by atoms with Gasteiger partial charge in [-0.2, -0.15) is 0 Å². The van der Waals surface area contributed by atoms with Crippen molar-refractivity contribution in [2.24, 2.45) is 0 Å². The van der Waals surface area contributed by atoms with E-state index in [2.05, 4.69) is 9.97 Å². The monoisotopic (exact) mass is 203 g/mol. The third kappa shape index (κ3) is 1.40. The molecule has 3 rings (SSSR count). The molecule has 0 unspecified atom stereocenters. The number of anilines is 1. The second-order valence-corrected chi connectivity index (χ2v) is 4.34. The fourth-order valence-corrected chi connectivity index (χ4v) is 2.22. The van der Waals surface area contributed by atoms with Crippen LogP contribution in [-0.2, 0) is 6.42 Å². The number of aryl methyl sites for hydroxylation is 1. The summed E-state index contributed by atoms with van der Waals surface area (Å²) in [6, 6.07) is 0. The molecule has 4 nitrogen and oxygen atoms in total. The highest BCUT2D eigenvalue weighted by molar-refractivity contribution is 5.99. The Morgan fingerprint density at radius 1 is 1.20 bits per heavy atom. The molecule has 0 spiro atoms. The summed E-state index contributed by atoms with van der Waals surface area (Å²) in [7, 11) is 0. The van der Waals surface area contributed by atoms with E-state index in [9.17, 15) is 4.79 Å². The summed E-state index contributed by atoms with van der Waals surface area (Å²) in [4.78, 5) is 20.3. The van der Waals surface area contributed by atoms with Gasteiger partial charge < -0.3 is 5.73 Å². The predicted octanol–water partition coefficient (Wildman–Crippen LogP) is 1.46. The molecule has 15 heavy (non-hydrogen) atoms. The summed E-state index contributed by atoms with van der Waals surface area (Å²) in [5, 5.41) is 0. The molecule has 0 aliphatic heterocycles. The number of nitrogen functional groups attached to an aromatic ring is 1. The average Bonchev–Trinajstić information content (AvgIpc) is 2.99. The van der Waals surface area contributed by atoms with E-state index in [1.165, 1.54) is 0 Å². The number of hydrogen-bond donors (Lipinski definition) is 1. The number of nitrogens with two attached hydrogens (primary N) is 1. The Bertz CT molecular complexity index is 438. The van der Waals surface area contributed by atoms with Crippen molar-refractivity contribution in [2.45, 2.75) is 38.0 Å². The number of carbonyl (C=O) groups excluding carboxylic acids is 1. The average molecular weight is 203 g/mol. The van der Waals surface area contributed by atoms with Crippen LogP contribution in [0.15, 0.2) is 0 Å². The van der Waals surface area contributed by atoms with Crippen molar-refractivity contribution in [3.05, 3.63) is 17.0 Å². The van der Waals surface area contributed by atoms with Crippen molar-refractivity contribution in [1.82, 2.24) is 9.97 Å². The topological polar surface area (TPSA) is 68.9 Å². The van der Waals surface area contributed by atoms with Crippen LogP contribution in [0, 0.1) is 0 Å². The molecule has 0 radical (unpaired) electrons. The van der Waals surface area contributed by atoms with Crippen LogP contribution in [-0.4, -0.2) is 15.8 Å². The zero-order chi connectivity index (χ0) is 10.4. The maximum absolute atomic E-state index is 11.8. The van der Waals surface area contributed by atoms with E-state index in [4.69, 9.17) is 5.73 Å². The van der Waals surface area contributed by atoms with Crippen molar-refractivity contribution in [3.8, 4) is 0 Å². The van der Waals surface area contributed by atoms with E-state index in [1.807, 2.05) is 0 Å². The Morgan fingerprint density at radius 3 is 2.73 bits per heavy atom. The Kier molecular flexibility index (Phi) is 1.78. The van der Waals surface area contributed by atoms with Crippen molar-refractivity contribution < 1.29 is 4.79 Å². The molecule has 1 fully saturated rings. The first kappa shape index (κ1) is 8.83. The lowest BCUT2D eigenvalue weighted by Crippen LogP contribution is -2.18. The summed E-state index contributed by atoms with van der Waals surface area (Å²) >= 11 is 0. The molecule has 0 aromatic carbocycles. The van der Waals surface area contributed by atoms with Crippen LogP contribution in [0.3, 0.4) is 0 Å². The van der Waals surface area contributed by atoms with Crippen molar-refractivity contribution in [1.29, 1.82) is 0 Å². The number of nitrogens with zero attached hydrogens (tertiary/aromatic N) is 2. The van der Waals surface area contributed by atoms with Gasteiger partial charge in [0.15, 0.2) is 5.78 Å². The molecule has 4 heteroatoms. The Balaban J connectivity index is 2.19. The van der Waals surface area contributed by atoms with E-state index < -0.39 is 0 Å². The van der Waals surface area contributed by atoms with Gasteiger partial charge in [0, 0.05) is 12.3 Å². The van der Waals surface area contributed by atoms with Gasteiger partial charge in [-0.1, -0.05) is 0 Å². The van der Waals surface area contributed by atoms with Gasteiger partial charge in [-0.05, 0) is 25.7 Å². The van der Waals surface area contributed by atoms with E-state index in [-0.39, 0.29) is 5.78 Å². The highest BCUT2D eigenvalue weighted by Gasteiger charge is 2.33. The molecule has 1 aromatic heterocycles. The molecule has 2 aliphatic rings. The highest BCUT2D eigenvalue weighted by atomic mass is 16.1. The molecule has 0 saturated heterocycles. The van der Waals surface area contributed by atoms with E-state index in [1.54, 1.807) is 0 Å². The van der Waals surface area contributed by atoms with Crippen LogP contribution < -0.4 is 5.73 Å². The second kappa shape index (κ2) is 3.02. The molecule has 78 valence electrons. The first-order valence-electron chi connectivity index (χ1n) is 5.45. The predicted molar refractivity (Wildman–Crippen MR) is 55.7 cm³/mol. The number of aromatic nitrogens is 2. The molecular formula is C11H13N3O. The highest BCUT2D eigenvalue weighted by Crippen LogP contribution is 2.42. The van der Waals surface area contributed by atoms with Gasteiger partial charge in [0.25, 0.3) is 0 Å². The zero-order valence-corrected chi connectivity index (χ0v) is 8.49. The number of ketones is 1. The van der Waals surface area contributed by atoms with Crippen LogP contribution in [0.1, 0.15) is 53.3 Å². The van der Waals surface area contributed by atoms with Crippen molar-refractivity contribution in [3.63, 3.8) is 0 Å². The van der Waals surface area contributed by atoms with Gasteiger partial charge in [-0.3, -0.25) is 4.79 Å². The lowest BCUT2D eigenvalue weighted by molar-refractivity contribution is 0.0970. The van der Waals surface area contributed by atoms with Gasteiger partial charge in [0.05, 0.1) is 17.0 Å². The third-order valence-corrected chi connectivity index (χ3v) is 3.09. The molecule has 1 aromatic rings. The molecule has 1 saturated carbocycles. The molecule has 0 bridgehead atoms. The van der Waals surface area contributed by atoms with Gasteiger partial charge in [-0.25, -0.2) is 9.97 Å². The summed E-state index contributed by atoms with van der Waals surface area (Å²) < 4.78 is 0. The molecule has 0 atom stereocenters. The van der Waals surface area contributed by atoms with E-state index >= 15 is 0 Å². The smallest absolute Gasteiger partial charge is 0.220 e. The molecule has 2 N–H and O–H groups in total. The minimum Gasteiger partial charge on any atom is -0.368 e. The van der Waals surface area contributed by atoms with Gasteiger partial charge in [0.2, 0.25) is 5.95 Å². The van der Waals surface area contributed by atoms with Crippen LogP contribution in [0.4, 0.5) is 5.95 Å². The van der Waals surface area contributed by atoms with Crippen LogP contribution in [0.2, 0.25) is 0 Å². The number of hydrogen-bond acceptors (Lipinski definition) is 4. The maximum atomic E-state index is 11.8. The number of rotatable bonds is 1. The lowest BCUT2D eigenvalue weighted by Gasteiger charge is -2.16. The Hall–Kier alpha value is -1.45. The first-order chi connectivity index (χ1) is 7.25. The minimum atomic E-state index is 0.207. The standard InChI is InChI=1S/C11H13N3O/c12-11-13-7-2-1-3-8(15)9(7)10(14-11)6-4-5-6/h6H,1-5H2,(H2,12,13,14). The van der Waals surface area contributed by atoms with E-state index in [0.717, 1.165) is 42.6 Å². The van der Waals surface area contributed by atoms with E-state index in [0.29, 0.717) is 18.3 Å². The van der Waals surface area contributed by atoms with Gasteiger partial charge in [-0.15, -0.1) is 0 Å². The summed E-state index contributed by atoms with van der Waals surface area (Å²) in [5.74, 6) is 0.995.